The summed E-state index contributed by atoms with van der Waals surface area (Å²) in [6.45, 7) is 2.36. The molecular formula is C24H29N3O3. The van der Waals surface area contributed by atoms with E-state index in [1.165, 1.54) is 0 Å². The number of aromatic nitrogens is 1. The van der Waals surface area contributed by atoms with Gasteiger partial charge in [0, 0.05) is 44.7 Å². The van der Waals surface area contributed by atoms with Gasteiger partial charge in [0.05, 0.1) is 12.0 Å². The molecule has 1 saturated heterocycles. The van der Waals surface area contributed by atoms with Gasteiger partial charge in [0.25, 0.3) is 0 Å². The Morgan fingerprint density at radius 2 is 2.10 bits per heavy atom. The standard InChI is InChI=1S/C24H29N3O3/c1-26-15-3-2-12-24(23(26)29)13-7-16-27(18-24)21(28)11-6-17-30-20-10-4-8-19-9-5-14-25-22(19)20/h2-5,8-10,14H,6-7,11-13,15-18H2,1H3. The van der Waals surface area contributed by atoms with E-state index in [1.54, 1.807) is 11.1 Å². The summed E-state index contributed by atoms with van der Waals surface area (Å²) < 4.78 is 5.91. The summed E-state index contributed by atoms with van der Waals surface area (Å²) in [7, 11) is 1.85. The highest BCUT2D eigenvalue weighted by Crippen LogP contribution is 2.37. The molecule has 30 heavy (non-hydrogen) atoms. The third-order valence-electron chi connectivity index (χ3n) is 6.17. The maximum Gasteiger partial charge on any atom is 0.230 e. The molecule has 2 aliphatic rings. The molecule has 6 heteroatoms. The number of hydrogen-bond acceptors (Lipinski definition) is 4. The average Bonchev–Trinajstić information content (AvgIpc) is 2.91. The topological polar surface area (TPSA) is 62.7 Å². The second-order valence-electron chi connectivity index (χ2n) is 8.34. The fraction of sp³-hybridized carbons (Fsp3) is 0.458. The van der Waals surface area contributed by atoms with E-state index in [9.17, 15) is 9.59 Å². The van der Waals surface area contributed by atoms with Crippen LogP contribution in [0, 0.1) is 5.41 Å². The highest BCUT2D eigenvalue weighted by Gasteiger charge is 2.44. The zero-order chi connectivity index (χ0) is 21.0. The predicted octanol–water partition coefficient (Wildman–Crippen LogP) is 3.42. The van der Waals surface area contributed by atoms with E-state index < -0.39 is 5.41 Å². The molecule has 2 amide bonds. The van der Waals surface area contributed by atoms with E-state index in [0.717, 1.165) is 42.5 Å². The normalized spacial score (nSPS) is 21.8. The molecule has 0 saturated carbocycles. The molecule has 3 heterocycles. The Bertz CT molecular complexity index is 952. The number of rotatable bonds is 5. The Balaban J connectivity index is 1.32. The van der Waals surface area contributed by atoms with Crippen LogP contribution in [-0.4, -0.2) is 59.9 Å². The minimum atomic E-state index is -0.458. The molecule has 1 atom stereocenters. The Kier molecular flexibility index (Phi) is 6.02. The molecule has 0 N–H and O–H groups in total. The maximum atomic E-state index is 12.9. The molecule has 0 aliphatic carbocycles. The molecule has 1 fully saturated rings. The van der Waals surface area contributed by atoms with E-state index in [1.807, 2.05) is 48.4 Å². The summed E-state index contributed by atoms with van der Waals surface area (Å²) in [6, 6.07) is 9.78. The largest absolute Gasteiger partial charge is 0.491 e. The molecule has 6 nitrogen and oxygen atoms in total. The molecular weight excluding hydrogens is 378 g/mol. The smallest absolute Gasteiger partial charge is 0.230 e. The van der Waals surface area contributed by atoms with Crippen LogP contribution < -0.4 is 4.74 Å². The zero-order valence-electron chi connectivity index (χ0n) is 17.5. The van der Waals surface area contributed by atoms with Crippen molar-refractivity contribution < 1.29 is 14.3 Å². The molecule has 1 aromatic heterocycles. The third-order valence-corrected chi connectivity index (χ3v) is 6.17. The quantitative estimate of drug-likeness (QED) is 0.563. The SMILES string of the molecule is CN1CC=CCC2(CCCN(C(=O)CCCOc3cccc4cccnc34)C2)C1=O. The lowest BCUT2D eigenvalue weighted by atomic mass is 9.76. The second kappa shape index (κ2) is 8.86. The highest BCUT2D eigenvalue weighted by atomic mass is 16.5. The minimum absolute atomic E-state index is 0.109. The number of allylic oxidation sites excluding steroid dienone is 1. The van der Waals surface area contributed by atoms with Gasteiger partial charge < -0.3 is 14.5 Å². The summed E-state index contributed by atoms with van der Waals surface area (Å²) in [4.78, 5) is 33.8. The summed E-state index contributed by atoms with van der Waals surface area (Å²) >= 11 is 0. The number of pyridine rings is 1. The molecule has 1 spiro atoms. The number of nitrogens with zero attached hydrogens (tertiary/aromatic N) is 3. The first kappa shape index (κ1) is 20.4. The monoisotopic (exact) mass is 407 g/mol. The summed E-state index contributed by atoms with van der Waals surface area (Å²) in [6.07, 6.45) is 9.41. The fourth-order valence-electron chi connectivity index (χ4n) is 4.56. The maximum absolute atomic E-state index is 12.9. The predicted molar refractivity (Wildman–Crippen MR) is 116 cm³/mol. The lowest BCUT2D eigenvalue weighted by Crippen LogP contribution is -2.53. The van der Waals surface area contributed by atoms with Crippen molar-refractivity contribution in [1.82, 2.24) is 14.8 Å². The van der Waals surface area contributed by atoms with Crippen molar-refractivity contribution in [1.29, 1.82) is 0 Å². The molecule has 158 valence electrons. The lowest BCUT2D eigenvalue weighted by Gasteiger charge is -2.42. The van der Waals surface area contributed by atoms with Crippen molar-refractivity contribution >= 4 is 22.7 Å². The molecule has 0 radical (unpaired) electrons. The number of hydrogen-bond donors (Lipinski definition) is 0. The van der Waals surface area contributed by atoms with Crippen LogP contribution in [0.1, 0.15) is 32.1 Å². The minimum Gasteiger partial charge on any atom is -0.491 e. The van der Waals surface area contributed by atoms with Crippen molar-refractivity contribution in [2.75, 3.05) is 33.3 Å². The van der Waals surface area contributed by atoms with Crippen LogP contribution >= 0.6 is 0 Å². The summed E-state index contributed by atoms with van der Waals surface area (Å²) in [5.74, 6) is 1.02. The van der Waals surface area contributed by atoms with Crippen LogP contribution in [0.15, 0.2) is 48.7 Å². The third kappa shape index (κ3) is 4.18. The van der Waals surface area contributed by atoms with Crippen molar-refractivity contribution in [3.8, 4) is 5.75 Å². The second-order valence-corrected chi connectivity index (χ2v) is 8.34. The number of carbonyl (C=O) groups excluding carboxylic acids is 2. The van der Waals surface area contributed by atoms with Gasteiger partial charge >= 0.3 is 0 Å². The van der Waals surface area contributed by atoms with Crippen LogP contribution in [0.2, 0.25) is 0 Å². The van der Waals surface area contributed by atoms with Crippen LogP contribution in [0.4, 0.5) is 0 Å². The number of likely N-dealkylation sites (N-methyl/N-ethyl adjacent to an activating group) is 1. The van der Waals surface area contributed by atoms with Gasteiger partial charge in [-0.05, 0) is 37.8 Å². The van der Waals surface area contributed by atoms with E-state index in [0.29, 0.717) is 32.5 Å². The highest BCUT2D eigenvalue weighted by molar-refractivity contribution is 5.85. The number of likely N-dealkylation sites (tertiary alicyclic amines) is 1. The van der Waals surface area contributed by atoms with Gasteiger partial charge in [-0.25, -0.2) is 0 Å². The Labute approximate surface area is 177 Å². The number of amides is 2. The molecule has 2 aliphatic heterocycles. The van der Waals surface area contributed by atoms with Crippen LogP contribution in [0.25, 0.3) is 10.9 Å². The summed E-state index contributed by atoms with van der Waals surface area (Å²) in [5, 5.41) is 1.04. The van der Waals surface area contributed by atoms with Gasteiger partial charge in [-0.3, -0.25) is 14.6 Å². The van der Waals surface area contributed by atoms with E-state index in [4.69, 9.17) is 4.74 Å². The number of ether oxygens (including phenoxy) is 1. The van der Waals surface area contributed by atoms with Crippen molar-refractivity contribution in [2.45, 2.75) is 32.1 Å². The van der Waals surface area contributed by atoms with Crippen molar-refractivity contribution in [3.05, 3.63) is 48.7 Å². The molecule has 0 bridgehead atoms. The molecule has 1 unspecified atom stereocenters. The number of benzene rings is 1. The van der Waals surface area contributed by atoms with Gasteiger partial charge in [-0.2, -0.15) is 0 Å². The van der Waals surface area contributed by atoms with Gasteiger partial charge in [0.2, 0.25) is 11.8 Å². The first-order valence-electron chi connectivity index (χ1n) is 10.7. The average molecular weight is 408 g/mol. The van der Waals surface area contributed by atoms with Crippen LogP contribution in [0.3, 0.4) is 0 Å². The molecule has 4 rings (SSSR count). The number of fused-ring (bicyclic) bond motifs is 1. The van der Waals surface area contributed by atoms with Gasteiger partial charge in [-0.15, -0.1) is 0 Å². The lowest BCUT2D eigenvalue weighted by molar-refractivity contribution is -0.147. The van der Waals surface area contributed by atoms with Crippen molar-refractivity contribution in [3.63, 3.8) is 0 Å². The Morgan fingerprint density at radius 1 is 1.23 bits per heavy atom. The number of piperidine rings is 1. The van der Waals surface area contributed by atoms with Crippen LogP contribution in [-0.2, 0) is 9.59 Å². The molecule has 1 aromatic carbocycles. The van der Waals surface area contributed by atoms with E-state index in [2.05, 4.69) is 11.1 Å². The summed E-state index contributed by atoms with van der Waals surface area (Å²) in [5.41, 5.74) is 0.384. The van der Waals surface area contributed by atoms with E-state index >= 15 is 0 Å². The first-order chi connectivity index (χ1) is 14.6. The van der Waals surface area contributed by atoms with Gasteiger partial charge in [0.15, 0.2) is 0 Å². The molecule has 2 aromatic rings. The fourth-order valence-corrected chi connectivity index (χ4v) is 4.56. The zero-order valence-corrected chi connectivity index (χ0v) is 17.5. The van der Waals surface area contributed by atoms with Gasteiger partial charge in [-0.1, -0.05) is 30.4 Å². The van der Waals surface area contributed by atoms with Crippen LogP contribution in [0.5, 0.6) is 5.75 Å². The van der Waals surface area contributed by atoms with E-state index in [-0.39, 0.29) is 11.8 Å². The number of para-hydroxylation sites is 1. The number of carbonyl (C=O) groups is 2. The Hall–Kier alpha value is -2.89. The van der Waals surface area contributed by atoms with Crippen molar-refractivity contribution in [2.24, 2.45) is 5.41 Å². The Morgan fingerprint density at radius 3 is 3.00 bits per heavy atom. The van der Waals surface area contributed by atoms with Gasteiger partial charge in [0.1, 0.15) is 11.3 Å². The first-order valence-corrected chi connectivity index (χ1v) is 10.7.